The van der Waals surface area contributed by atoms with Crippen molar-refractivity contribution in [3.63, 3.8) is 0 Å². The van der Waals surface area contributed by atoms with Crippen molar-refractivity contribution < 1.29 is 20.1 Å². The number of nitrogens with one attached hydrogen (secondary N) is 1. The van der Waals surface area contributed by atoms with Gasteiger partial charge < -0.3 is 25.4 Å². The summed E-state index contributed by atoms with van der Waals surface area (Å²) in [5.41, 5.74) is 5.30. The van der Waals surface area contributed by atoms with Gasteiger partial charge in [0, 0.05) is 17.6 Å². The van der Waals surface area contributed by atoms with Crippen molar-refractivity contribution in [2.24, 2.45) is 5.41 Å². The number of rotatable bonds is 11. The van der Waals surface area contributed by atoms with Gasteiger partial charge in [0.2, 0.25) is 0 Å². The predicted molar refractivity (Wildman–Crippen MR) is 136 cm³/mol. The lowest BCUT2D eigenvalue weighted by molar-refractivity contribution is 0.0216. The van der Waals surface area contributed by atoms with Crippen molar-refractivity contribution in [2.45, 2.75) is 78.9 Å². The molecule has 2 unspecified atom stereocenters. The number of anilines is 1. The summed E-state index contributed by atoms with van der Waals surface area (Å²) < 4.78 is 5.96. The average Bonchev–Trinajstić information content (AvgIpc) is 2.78. The molecule has 4 N–H and O–H groups in total. The Kier molecular flexibility index (Phi) is 9.36. The van der Waals surface area contributed by atoms with Gasteiger partial charge in [-0.1, -0.05) is 58.9 Å². The van der Waals surface area contributed by atoms with Gasteiger partial charge in [-0.3, -0.25) is 0 Å². The lowest BCUT2D eigenvalue weighted by atomic mass is 9.70. The summed E-state index contributed by atoms with van der Waals surface area (Å²) in [4.78, 5) is 0. The first-order valence-corrected chi connectivity index (χ1v) is 12.0. The monoisotopic (exact) mass is 457 g/mol. The minimum atomic E-state index is -0.775. The fourth-order valence-electron chi connectivity index (χ4n) is 4.21. The van der Waals surface area contributed by atoms with E-state index < -0.39 is 12.2 Å². The Bertz CT molecular complexity index is 899. The zero-order chi connectivity index (χ0) is 24.8. The molecule has 2 aromatic rings. The molecule has 0 aliphatic rings. The standard InChI is InChI=1S/C28H43NO4/c1-8-28(9-2,21-10-12-24(19(3)14-21)29-16-23(31)17-30)22-11-13-25(20(4)15-22)33-18-26(32)27(5,6)7/h10-15,23,26,29-32H,8-9,16-18H2,1-7H3. The second-order valence-corrected chi connectivity index (χ2v) is 10.2. The molecule has 0 radical (unpaired) electrons. The van der Waals surface area contributed by atoms with Crippen molar-refractivity contribution >= 4 is 5.69 Å². The molecule has 2 atom stereocenters. The zero-order valence-corrected chi connectivity index (χ0v) is 21.4. The number of hydrogen-bond donors (Lipinski definition) is 4. The summed E-state index contributed by atoms with van der Waals surface area (Å²) >= 11 is 0. The molecule has 0 aliphatic carbocycles. The van der Waals surface area contributed by atoms with Crippen molar-refractivity contribution in [2.75, 3.05) is 25.1 Å². The summed E-state index contributed by atoms with van der Waals surface area (Å²) in [6, 6.07) is 12.8. The highest BCUT2D eigenvalue weighted by Gasteiger charge is 2.31. The summed E-state index contributed by atoms with van der Waals surface area (Å²) in [6.45, 7) is 14.9. The minimum absolute atomic E-state index is 0.123. The summed E-state index contributed by atoms with van der Waals surface area (Å²) in [5, 5.41) is 32.2. The van der Waals surface area contributed by atoms with Gasteiger partial charge in [0.25, 0.3) is 0 Å². The molecule has 0 bridgehead atoms. The van der Waals surface area contributed by atoms with E-state index in [1.54, 1.807) is 0 Å². The third kappa shape index (κ3) is 6.50. The van der Waals surface area contributed by atoms with Gasteiger partial charge in [0.15, 0.2) is 0 Å². The van der Waals surface area contributed by atoms with E-state index in [0.717, 1.165) is 35.4 Å². The quantitative estimate of drug-likeness (QED) is 0.383. The third-order valence-corrected chi connectivity index (χ3v) is 6.85. The van der Waals surface area contributed by atoms with Gasteiger partial charge in [0.05, 0.1) is 18.8 Å². The molecule has 0 fully saturated rings. The fourth-order valence-corrected chi connectivity index (χ4v) is 4.21. The van der Waals surface area contributed by atoms with E-state index in [0.29, 0.717) is 6.54 Å². The van der Waals surface area contributed by atoms with Crippen LogP contribution < -0.4 is 10.1 Å². The molecule has 0 aromatic heterocycles. The van der Waals surface area contributed by atoms with Crippen LogP contribution in [0.15, 0.2) is 36.4 Å². The molecule has 184 valence electrons. The number of aliphatic hydroxyl groups is 3. The fraction of sp³-hybridized carbons (Fsp3) is 0.571. The third-order valence-electron chi connectivity index (χ3n) is 6.85. The smallest absolute Gasteiger partial charge is 0.122 e. The zero-order valence-electron chi connectivity index (χ0n) is 21.4. The largest absolute Gasteiger partial charge is 0.491 e. The first-order chi connectivity index (χ1) is 15.5. The number of benzene rings is 2. The Morgan fingerprint density at radius 3 is 1.97 bits per heavy atom. The Labute approximate surface area is 199 Å². The van der Waals surface area contributed by atoms with Crippen molar-refractivity contribution in [1.29, 1.82) is 0 Å². The highest BCUT2D eigenvalue weighted by molar-refractivity contribution is 5.55. The molecule has 2 aromatic carbocycles. The first kappa shape index (κ1) is 27.2. The van der Waals surface area contributed by atoms with E-state index in [1.807, 2.05) is 26.8 Å². The molecule has 0 saturated heterocycles. The van der Waals surface area contributed by atoms with Crippen LogP contribution >= 0.6 is 0 Å². The van der Waals surface area contributed by atoms with Crippen molar-refractivity contribution in [3.05, 3.63) is 58.7 Å². The van der Waals surface area contributed by atoms with Crippen LogP contribution in [0.25, 0.3) is 0 Å². The van der Waals surface area contributed by atoms with E-state index in [-0.39, 0.29) is 24.0 Å². The number of ether oxygens (including phenoxy) is 1. The number of aliphatic hydroxyl groups excluding tert-OH is 3. The van der Waals surface area contributed by atoms with Crippen molar-refractivity contribution in [1.82, 2.24) is 0 Å². The highest BCUT2D eigenvalue weighted by Crippen LogP contribution is 2.41. The lowest BCUT2D eigenvalue weighted by Crippen LogP contribution is -2.32. The molecular weight excluding hydrogens is 414 g/mol. The maximum Gasteiger partial charge on any atom is 0.122 e. The van der Waals surface area contributed by atoms with E-state index in [2.05, 4.69) is 63.3 Å². The van der Waals surface area contributed by atoms with E-state index in [4.69, 9.17) is 9.84 Å². The van der Waals surface area contributed by atoms with Crippen LogP contribution in [0.4, 0.5) is 5.69 Å². The van der Waals surface area contributed by atoms with Gasteiger partial charge in [-0.2, -0.15) is 0 Å². The SMILES string of the molecule is CCC(CC)(c1ccc(NCC(O)CO)c(C)c1)c1ccc(OCC(O)C(C)(C)C)c(C)c1. The van der Waals surface area contributed by atoms with E-state index in [1.165, 1.54) is 11.1 Å². The normalized spacial score (nSPS) is 14.1. The van der Waals surface area contributed by atoms with Gasteiger partial charge in [-0.15, -0.1) is 0 Å². The second kappa shape index (κ2) is 11.4. The van der Waals surface area contributed by atoms with Crippen LogP contribution in [-0.4, -0.2) is 47.3 Å². The highest BCUT2D eigenvalue weighted by atomic mass is 16.5. The van der Waals surface area contributed by atoms with Crippen LogP contribution in [0.1, 0.15) is 69.7 Å². The maximum atomic E-state index is 10.3. The Morgan fingerprint density at radius 2 is 1.48 bits per heavy atom. The van der Waals surface area contributed by atoms with E-state index in [9.17, 15) is 10.2 Å². The molecular formula is C28H43NO4. The first-order valence-electron chi connectivity index (χ1n) is 12.0. The molecule has 0 saturated carbocycles. The van der Waals surface area contributed by atoms with Crippen LogP contribution in [0.2, 0.25) is 0 Å². The van der Waals surface area contributed by atoms with Crippen molar-refractivity contribution in [3.8, 4) is 5.75 Å². The van der Waals surface area contributed by atoms with Crippen LogP contribution in [-0.2, 0) is 5.41 Å². The molecule has 5 heteroatoms. The Hall–Kier alpha value is -2.08. The van der Waals surface area contributed by atoms with Gasteiger partial charge >= 0.3 is 0 Å². The molecule has 0 spiro atoms. The van der Waals surface area contributed by atoms with Gasteiger partial charge in [-0.05, 0) is 66.5 Å². The second-order valence-electron chi connectivity index (χ2n) is 10.2. The molecule has 0 heterocycles. The summed E-state index contributed by atoms with van der Waals surface area (Å²) in [6.07, 6.45) is 0.612. The summed E-state index contributed by atoms with van der Waals surface area (Å²) in [5.74, 6) is 0.807. The molecule has 2 rings (SSSR count). The topological polar surface area (TPSA) is 82.0 Å². The van der Waals surface area contributed by atoms with Gasteiger partial charge in [-0.25, -0.2) is 0 Å². The predicted octanol–water partition coefficient (Wildman–Crippen LogP) is 4.96. The molecule has 33 heavy (non-hydrogen) atoms. The Balaban J connectivity index is 2.31. The number of hydrogen-bond acceptors (Lipinski definition) is 5. The summed E-state index contributed by atoms with van der Waals surface area (Å²) in [7, 11) is 0. The van der Waals surface area contributed by atoms with Crippen LogP contribution in [0.5, 0.6) is 5.75 Å². The van der Waals surface area contributed by atoms with Crippen LogP contribution in [0, 0.1) is 19.3 Å². The number of aryl methyl sites for hydroxylation is 2. The molecule has 5 nitrogen and oxygen atoms in total. The molecule has 0 aliphatic heterocycles. The minimum Gasteiger partial charge on any atom is -0.491 e. The van der Waals surface area contributed by atoms with Crippen LogP contribution in [0.3, 0.4) is 0 Å². The molecule has 0 amide bonds. The Morgan fingerprint density at radius 1 is 0.909 bits per heavy atom. The van der Waals surface area contributed by atoms with Gasteiger partial charge in [0.1, 0.15) is 12.4 Å². The van der Waals surface area contributed by atoms with E-state index >= 15 is 0 Å². The lowest BCUT2D eigenvalue weighted by Gasteiger charge is -2.34. The average molecular weight is 458 g/mol. The maximum absolute atomic E-state index is 10.3.